The Hall–Kier alpha value is -1.81. The first-order valence-electron chi connectivity index (χ1n) is 5.86. The summed E-state index contributed by atoms with van der Waals surface area (Å²) < 4.78 is 11.5. The van der Waals surface area contributed by atoms with Crippen molar-refractivity contribution in [2.24, 2.45) is 0 Å². The van der Waals surface area contributed by atoms with Crippen LogP contribution >= 0.6 is 15.9 Å². The van der Waals surface area contributed by atoms with Crippen LogP contribution in [0.15, 0.2) is 56.2 Å². The van der Waals surface area contributed by atoms with Crippen molar-refractivity contribution < 1.29 is 9.15 Å². The van der Waals surface area contributed by atoms with E-state index in [0.717, 1.165) is 0 Å². The molecule has 1 aliphatic carbocycles. The van der Waals surface area contributed by atoms with Gasteiger partial charge in [-0.15, -0.1) is 0 Å². The van der Waals surface area contributed by atoms with Gasteiger partial charge in [0.05, 0.1) is 18.4 Å². The molecule has 0 radical (unpaired) electrons. The van der Waals surface area contributed by atoms with Crippen molar-refractivity contribution in [3.8, 4) is 5.75 Å². The number of hydrogen-bond acceptors (Lipinski definition) is 3. The van der Waals surface area contributed by atoms with Crippen molar-refractivity contribution in [1.82, 2.24) is 0 Å². The van der Waals surface area contributed by atoms with Crippen molar-refractivity contribution in [2.45, 2.75) is 5.92 Å². The summed E-state index contributed by atoms with van der Waals surface area (Å²) in [5.74, 6) is 1.29. The molecule has 3 nitrogen and oxygen atoms in total. The van der Waals surface area contributed by atoms with E-state index in [1.54, 1.807) is 25.3 Å². The standard InChI is InChI=1S/C15H11BrO3/c1-18-10-6-7-11-12(8-10)19-15(13(16)14(11)17)9-4-2-3-5-9/h2-9H,1H3. The van der Waals surface area contributed by atoms with Crippen LogP contribution in [0.1, 0.15) is 11.7 Å². The third-order valence-corrected chi connectivity index (χ3v) is 3.87. The lowest BCUT2D eigenvalue weighted by molar-refractivity contribution is 0.414. The third kappa shape index (κ3) is 2.02. The highest BCUT2D eigenvalue weighted by atomic mass is 79.9. The van der Waals surface area contributed by atoms with Gasteiger partial charge in [0.15, 0.2) is 0 Å². The number of fused-ring (bicyclic) bond motifs is 1. The highest BCUT2D eigenvalue weighted by Gasteiger charge is 2.18. The summed E-state index contributed by atoms with van der Waals surface area (Å²) in [6, 6.07) is 5.20. The second kappa shape index (κ2) is 4.70. The number of methoxy groups -OCH3 is 1. The molecule has 0 spiro atoms. The monoisotopic (exact) mass is 318 g/mol. The largest absolute Gasteiger partial charge is 0.497 e. The van der Waals surface area contributed by atoms with Crippen LogP contribution in [-0.2, 0) is 0 Å². The molecule has 96 valence electrons. The molecule has 3 rings (SSSR count). The maximum Gasteiger partial charge on any atom is 0.207 e. The molecule has 2 aromatic rings. The normalized spacial score (nSPS) is 14.4. The topological polar surface area (TPSA) is 39.4 Å². The molecule has 1 aromatic carbocycles. The molecule has 4 heteroatoms. The SMILES string of the molecule is COc1ccc2c(=O)c(Br)c(C3C=CC=C3)oc2c1. The summed E-state index contributed by atoms with van der Waals surface area (Å²) >= 11 is 3.34. The molecule has 19 heavy (non-hydrogen) atoms. The van der Waals surface area contributed by atoms with Crippen molar-refractivity contribution in [3.63, 3.8) is 0 Å². The predicted molar refractivity (Wildman–Crippen MR) is 77.8 cm³/mol. The molecular weight excluding hydrogens is 308 g/mol. The summed E-state index contributed by atoms with van der Waals surface area (Å²) in [6.07, 6.45) is 7.84. The van der Waals surface area contributed by atoms with E-state index in [1.807, 2.05) is 24.3 Å². The average molecular weight is 319 g/mol. The summed E-state index contributed by atoms with van der Waals surface area (Å²) in [6.45, 7) is 0. The zero-order valence-electron chi connectivity index (χ0n) is 10.2. The maximum atomic E-state index is 12.3. The Morgan fingerprint density at radius 1 is 1.26 bits per heavy atom. The van der Waals surface area contributed by atoms with E-state index in [9.17, 15) is 4.79 Å². The Morgan fingerprint density at radius 3 is 2.68 bits per heavy atom. The van der Waals surface area contributed by atoms with E-state index in [-0.39, 0.29) is 11.3 Å². The van der Waals surface area contributed by atoms with Gasteiger partial charge in [0.2, 0.25) is 5.43 Å². The van der Waals surface area contributed by atoms with E-state index in [1.165, 1.54) is 0 Å². The molecule has 0 unspecified atom stereocenters. The molecule has 1 heterocycles. The van der Waals surface area contributed by atoms with Gasteiger partial charge in [0.25, 0.3) is 0 Å². The minimum atomic E-state index is -0.0624. The van der Waals surface area contributed by atoms with E-state index in [0.29, 0.717) is 27.0 Å². The van der Waals surface area contributed by atoms with Crippen LogP contribution in [0.2, 0.25) is 0 Å². The molecule has 0 saturated carbocycles. The first-order chi connectivity index (χ1) is 9.20. The van der Waals surface area contributed by atoms with Crippen LogP contribution in [0, 0.1) is 0 Å². The van der Waals surface area contributed by atoms with E-state index in [2.05, 4.69) is 15.9 Å². The van der Waals surface area contributed by atoms with Crippen LogP contribution in [0.3, 0.4) is 0 Å². The quantitative estimate of drug-likeness (QED) is 0.846. The molecule has 0 atom stereocenters. The van der Waals surface area contributed by atoms with Gasteiger partial charge in [0, 0.05) is 6.07 Å². The summed E-state index contributed by atoms with van der Waals surface area (Å²) in [5, 5.41) is 0.544. The lowest BCUT2D eigenvalue weighted by Crippen LogP contribution is -2.07. The first-order valence-corrected chi connectivity index (χ1v) is 6.65. The number of hydrogen-bond donors (Lipinski definition) is 0. The van der Waals surface area contributed by atoms with Gasteiger partial charge in [-0.25, -0.2) is 0 Å². The second-order valence-electron chi connectivity index (χ2n) is 4.27. The van der Waals surface area contributed by atoms with Crippen molar-refractivity contribution in [1.29, 1.82) is 0 Å². The van der Waals surface area contributed by atoms with Gasteiger partial charge < -0.3 is 9.15 Å². The van der Waals surface area contributed by atoms with Gasteiger partial charge in [-0.2, -0.15) is 0 Å². The smallest absolute Gasteiger partial charge is 0.207 e. The lowest BCUT2D eigenvalue weighted by Gasteiger charge is -2.09. The zero-order chi connectivity index (χ0) is 13.4. The van der Waals surface area contributed by atoms with Gasteiger partial charge in [-0.3, -0.25) is 4.79 Å². The molecule has 0 N–H and O–H groups in total. The van der Waals surface area contributed by atoms with Crippen molar-refractivity contribution >= 4 is 26.9 Å². The number of benzene rings is 1. The Balaban J connectivity index is 2.29. The van der Waals surface area contributed by atoms with Crippen LogP contribution in [0.4, 0.5) is 0 Å². The molecule has 0 aliphatic heterocycles. The molecule has 1 aromatic heterocycles. The molecule has 0 amide bonds. The second-order valence-corrected chi connectivity index (χ2v) is 5.06. The first kappa shape index (κ1) is 12.2. The van der Waals surface area contributed by atoms with Gasteiger partial charge in [-0.1, -0.05) is 24.3 Å². The molecule has 1 aliphatic rings. The van der Waals surface area contributed by atoms with Crippen molar-refractivity contribution in [2.75, 3.05) is 7.11 Å². The van der Waals surface area contributed by atoms with Crippen molar-refractivity contribution in [3.05, 3.63) is 63.0 Å². The van der Waals surface area contributed by atoms with Gasteiger partial charge in [-0.05, 0) is 28.1 Å². The fourth-order valence-corrected chi connectivity index (χ4v) is 2.67. The minimum Gasteiger partial charge on any atom is -0.497 e. The summed E-state index contributed by atoms with van der Waals surface area (Å²) in [7, 11) is 1.58. The van der Waals surface area contributed by atoms with Gasteiger partial charge >= 0.3 is 0 Å². The van der Waals surface area contributed by atoms with Crippen LogP contribution in [0.25, 0.3) is 11.0 Å². The van der Waals surface area contributed by atoms with Crippen LogP contribution < -0.4 is 10.2 Å². The molecule has 0 fully saturated rings. The predicted octanol–water partition coefficient (Wildman–Crippen LogP) is 3.77. The average Bonchev–Trinajstić information content (AvgIpc) is 2.96. The van der Waals surface area contributed by atoms with Crippen LogP contribution in [-0.4, -0.2) is 7.11 Å². The fraction of sp³-hybridized carbons (Fsp3) is 0.133. The Morgan fingerprint density at radius 2 is 2.00 bits per heavy atom. The fourth-order valence-electron chi connectivity index (χ4n) is 2.12. The molecule has 0 bridgehead atoms. The number of allylic oxidation sites excluding steroid dienone is 4. The number of halogens is 1. The molecule has 0 saturated heterocycles. The Bertz CT molecular complexity index is 744. The summed E-state index contributed by atoms with van der Waals surface area (Å²) in [4.78, 5) is 12.3. The van der Waals surface area contributed by atoms with Gasteiger partial charge in [0.1, 0.15) is 21.6 Å². The van der Waals surface area contributed by atoms with E-state index >= 15 is 0 Å². The number of rotatable bonds is 2. The highest BCUT2D eigenvalue weighted by Crippen LogP contribution is 2.31. The number of ether oxygens (including phenoxy) is 1. The Labute approximate surface area is 118 Å². The van der Waals surface area contributed by atoms with E-state index in [4.69, 9.17) is 9.15 Å². The summed E-state index contributed by atoms with van der Waals surface area (Å²) in [5.41, 5.74) is 0.476. The zero-order valence-corrected chi connectivity index (χ0v) is 11.8. The van der Waals surface area contributed by atoms with E-state index < -0.39 is 0 Å². The van der Waals surface area contributed by atoms with Crippen LogP contribution in [0.5, 0.6) is 5.75 Å². The third-order valence-electron chi connectivity index (χ3n) is 3.12. The maximum absolute atomic E-state index is 12.3. The molecular formula is C15H11BrO3. The Kier molecular flexibility index (Phi) is 3.03. The lowest BCUT2D eigenvalue weighted by atomic mass is 10.1. The highest BCUT2D eigenvalue weighted by molar-refractivity contribution is 9.10. The minimum absolute atomic E-state index is 0.00215.